The van der Waals surface area contributed by atoms with Crippen molar-refractivity contribution in [1.29, 1.82) is 0 Å². The van der Waals surface area contributed by atoms with Gasteiger partial charge in [0.15, 0.2) is 0 Å². The van der Waals surface area contributed by atoms with Crippen molar-refractivity contribution in [2.45, 2.75) is 46.7 Å². The maximum absolute atomic E-state index is 12.8. The quantitative estimate of drug-likeness (QED) is 0.778. The number of aryl methyl sites for hydroxylation is 1. The van der Waals surface area contributed by atoms with Crippen molar-refractivity contribution in [1.82, 2.24) is 14.9 Å². The van der Waals surface area contributed by atoms with Gasteiger partial charge in [-0.15, -0.1) is 24.8 Å². The van der Waals surface area contributed by atoms with Crippen LogP contribution in [0.1, 0.15) is 48.2 Å². The summed E-state index contributed by atoms with van der Waals surface area (Å²) in [6, 6.07) is 7.80. The second-order valence-electron chi connectivity index (χ2n) is 6.92. The summed E-state index contributed by atoms with van der Waals surface area (Å²) in [4.78, 5) is 17.1. The Kier molecular flexibility index (Phi) is 9.35. The largest absolute Gasteiger partial charge is 0.345 e. The Morgan fingerprint density at radius 1 is 1.31 bits per heavy atom. The van der Waals surface area contributed by atoms with E-state index >= 15 is 0 Å². The molecule has 26 heavy (non-hydrogen) atoms. The van der Waals surface area contributed by atoms with Crippen LogP contribution in [0.4, 0.5) is 0 Å². The first-order valence-electron chi connectivity index (χ1n) is 8.37. The minimum atomic E-state index is -0.416. The highest BCUT2D eigenvalue weighted by atomic mass is 35.5. The van der Waals surface area contributed by atoms with Gasteiger partial charge < -0.3 is 15.6 Å². The van der Waals surface area contributed by atoms with E-state index in [1.807, 2.05) is 45.0 Å². The van der Waals surface area contributed by atoms with E-state index in [0.29, 0.717) is 18.7 Å². The number of hydrogen-bond donors (Lipinski definition) is 2. The fraction of sp³-hybridized carbons (Fsp3) is 0.474. The van der Waals surface area contributed by atoms with E-state index in [0.717, 1.165) is 17.1 Å². The van der Waals surface area contributed by atoms with Gasteiger partial charge >= 0.3 is 0 Å². The number of halogens is 2. The van der Waals surface area contributed by atoms with Gasteiger partial charge in [0.05, 0.1) is 23.3 Å². The standard InChI is InChI=1S/C19H28N4O.2ClH/c1-13(2)19(5,12-20)22-18(24)17-10-14(3)23(15(17)4)11-16-8-6-7-9-21-16;;/h6-10,13H,11-12,20H2,1-5H3,(H,22,24);2*1H. The number of hydrogen-bond acceptors (Lipinski definition) is 3. The van der Waals surface area contributed by atoms with Gasteiger partial charge in [-0.2, -0.15) is 0 Å². The maximum Gasteiger partial charge on any atom is 0.253 e. The molecule has 2 rings (SSSR count). The van der Waals surface area contributed by atoms with Crippen molar-refractivity contribution in [3.8, 4) is 0 Å². The van der Waals surface area contributed by atoms with E-state index in [2.05, 4.69) is 28.7 Å². The Morgan fingerprint density at radius 2 is 1.96 bits per heavy atom. The lowest BCUT2D eigenvalue weighted by atomic mass is 9.88. The monoisotopic (exact) mass is 400 g/mol. The summed E-state index contributed by atoms with van der Waals surface area (Å²) >= 11 is 0. The number of aromatic nitrogens is 2. The summed E-state index contributed by atoms with van der Waals surface area (Å²) < 4.78 is 2.12. The second kappa shape index (κ2) is 9.95. The van der Waals surface area contributed by atoms with Gasteiger partial charge in [-0.05, 0) is 44.9 Å². The van der Waals surface area contributed by atoms with E-state index in [4.69, 9.17) is 5.73 Å². The summed E-state index contributed by atoms with van der Waals surface area (Å²) in [6.07, 6.45) is 1.78. The van der Waals surface area contributed by atoms with Gasteiger partial charge in [0.1, 0.15) is 0 Å². The minimum absolute atomic E-state index is 0. The molecule has 0 aromatic carbocycles. The summed E-state index contributed by atoms with van der Waals surface area (Å²) in [6.45, 7) is 11.2. The van der Waals surface area contributed by atoms with Gasteiger partial charge in [-0.3, -0.25) is 9.78 Å². The normalized spacial score (nSPS) is 12.7. The molecule has 0 radical (unpaired) electrons. The molecule has 3 N–H and O–H groups in total. The fourth-order valence-electron chi connectivity index (χ4n) is 2.69. The molecule has 0 saturated heterocycles. The highest BCUT2D eigenvalue weighted by Crippen LogP contribution is 2.20. The molecule has 7 heteroatoms. The predicted molar refractivity (Wildman–Crippen MR) is 112 cm³/mol. The van der Waals surface area contributed by atoms with Gasteiger partial charge in [0.2, 0.25) is 0 Å². The summed E-state index contributed by atoms with van der Waals surface area (Å²) in [7, 11) is 0. The number of carbonyl (C=O) groups is 1. The van der Waals surface area contributed by atoms with Gasteiger partial charge in [-0.25, -0.2) is 0 Å². The minimum Gasteiger partial charge on any atom is -0.345 e. The summed E-state index contributed by atoms with van der Waals surface area (Å²) in [5.41, 5.74) is 9.12. The van der Waals surface area contributed by atoms with Crippen molar-refractivity contribution in [2.75, 3.05) is 6.54 Å². The highest BCUT2D eigenvalue weighted by molar-refractivity contribution is 5.96. The van der Waals surface area contributed by atoms with Crippen molar-refractivity contribution in [3.63, 3.8) is 0 Å². The number of nitrogens with two attached hydrogens (primary N) is 1. The second-order valence-corrected chi connectivity index (χ2v) is 6.92. The Hall–Kier alpha value is -1.56. The van der Waals surface area contributed by atoms with Gasteiger partial charge in [-0.1, -0.05) is 19.9 Å². The van der Waals surface area contributed by atoms with Crippen LogP contribution in [-0.4, -0.2) is 27.5 Å². The molecule has 2 aromatic rings. The van der Waals surface area contributed by atoms with Crippen LogP contribution in [0.15, 0.2) is 30.5 Å². The van der Waals surface area contributed by atoms with Crippen molar-refractivity contribution in [3.05, 3.63) is 53.1 Å². The molecular formula is C19H30Cl2N4O. The van der Waals surface area contributed by atoms with Crippen LogP contribution < -0.4 is 11.1 Å². The van der Waals surface area contributed by atoms with Crippen LogP contribution in [0, 0.1) is 19.8 Å². The average molecular weight is 401 g/mol. The summed E-state index contributed by atoms with van der Waals surface area (Å²) in [5, 5.41) is 3.11. The molecule has 0 saturated carbocycles. The molecule has 2 aromatic heterocycles. The number of carbonyl (C=O) groups excluding carboxylic acids is 1. The fourth-order valence-corrected chi connectivity index (χ4v) is 2.69. The van der Waals surface area contributed by atoms with Crippen LogP contribution in [0.3, 0.4) is 0 Å². The van der Waals surface area contributed by atoms with E-state index in [9.17, 15) is 4.79 Å². The summed E-state index contributed by atoms with van der Waals surface area (Å²) in [5.74, 6) is 0.181. The van der Waals surface area contributed by atoms with Crippen LogP contribution in [-0.2, 0) is 6.54 Å². The van der Waals surface area contributed by atoms with Gasteiger partial charge in [0, 0.05) is 24.1 Å². The molecule has 146 valence electrons. The van der Waals surface area contributed by atoms with Crippen molar-refractivity contribution >= 4 is 30.7 Å². The molecule has 0 aliphatic carbocycles. The Balaban J connectivity index is 0.00000312. The molecule has 0 fully saturated rings. The van der Waals surface area contributed by atoms with Crippen LogP contribution >= 0.6 is 24.8 Å². The lowest BCUT2D eigenvalue weighted by Crippen LogP contribution is -2.55. The molecule has 0 aliphatic rings. The number of pyridine rings is 1. The molecule has 1 amide bonds. The predicted octanol–water partition coefficient (Wildman–Crippen LogP) is 3.50. The van der Waals surface area contributed by atoms with E-state index in [1.165, 1.54) is 0 Å². The topological polar surface area (TPSA) is 72.9 Å². The molecule has 0 aliphatic heterocycles. The van der Waals surface area contributed by atoms with E-state index in [-0.39, 0.29) is 36.6 Å². The van der Waals surface area contributed by atoms with Crippen LogP contribution in [0.25, 0.3) is 0 Å². The zero-order valence-corrected chi connectivity index (χ0v) is 17.7. The lowest BCUT2D eigenvalue weighted by molar-refractivity contribution is 0.0882. The highest BCUT2D eigenvalue weighted by Gasteiger charge is 2.30. The van der Waals surface area contributed by atoms with Crippen LogP contribution in [0.5, 0.6) is 0 Å². The third-order valence-electron chi connectivity index (χ3n) is 4.96. The molecular weight excluding hydrogens is 371 g/mol. The first-order chi connectivity index (χ1) is 11.3. The third kappa shape index (κ3) is 5.22. The first kappa shape index (κ1) is 24.4. The van der Waals surface area contributed by atoms with Crippen LogP contribution in [0.2, 0.25) is 0 Å². The van der Waals surface area contributed by atoms with E-state index in [1.54, 1.807) is 6.20 Å². The Labute approximate surface area is 168 Å². The number of amides is 1. The molecule has 0 bridgehead atoms. The zero-order valence-electron chi connectivity index (χ0n) is 16.1. The van der Waals surface area contributed by atoms with Crippen molar-refractivity contribution in [2.24, 2.45) is 11.7 Å². The lowest BCUT2D eigenvalue weighted by Gasteiger charge is -2.33. The van der Waals surface area contributed by atoms with Gasteiger partial charge in [0.25, 0.3) is 5.91 Å². The van der Waals surface area contributed by atoms with E-state index < -0.39 is 5.54 Å². The SMILES string of the molecule is Cc1cc(C(=O)NC(C)(CN)C(C)C)c(C)n1Cc1ccccn1.Cl.Cl. The number of rotatable bonds is 6. The third-order valence-corrected chi connectivity index (χ3v) is 4.96. The van der Waals surface area contributed by atoms with Crippen molar-refractivity contribution < 1.29 is 4.79 Å². The molecule has 1 unspecified atom stereocenters. The first-order valence-corrected chi connectivity index (χ1v) is 8.37. The number of nitrogens with zero attached hydrogens (tertiary/aromatic N) is 2. The maximum atomic E-state index is 12.8. The molecule has 2 heterocycles. The zero-order chi connectivity index (χ0) is 17.9. The Morgan fingerprint density at radius 3 is 2.46 bits per heavy atom. The smallest absolute Gasteiger partial charge is 0.253 e. The Bertz CT molecular complexity index is 716. The molecule has 1 atom stereocenters. The average Bonchev–Trinajstić information content (AvgIpc) is 2.83. The molecule has 0 spiro atoms. The number of nitrogens with one attached hydrogen (secondary N) is 1. The molecule has 5 nitrogen and oxygen atoms in total.